The Balaban J connectivity index is 1.87. The van der Waals surface area contributed by atoms with Gasteiger partial charge in [0.2, 0.25) is 0 Å². The van der Waals surface area contributed by atoms with Gasteiger partial charge in [-0.2, -0.15) is 0 Å². The summed E-state index contributed by atoms with van der Waals surface area (Å²) in [6.45, 7) is 1.91. The third-order valence-corrected chi connectivity index (χ3v) is 4.61. The Bertz CT molecular complexity index is 587. The topological polar surface area (TPSA) is 85.6 Å². The number of rotatable bonds is 3. The number of nitrogens with zero attached hydrogens (tertiary/aromatic N) is 5. The Labute approximate surface area is 120 Å². The summed E-state index contributed by atoms with van der Waals surface area (Å²) in [6.07, 6.45) is 6.20. The van der Waals surface area contributed by atoms with Gasteiger partial charge in [-0.3, -0.25) is 10.1 Å². The molecule has 2 aromatic rings. The molecule has 0 unspecified atom stereocenters. The molecule has 1 aliphatic rings. The number of aryl methyl sites for hydroxylation is 1. The molecule has 0 spiro atoms. The number of hydrogen-bond donors (Lipinski definition) is 1. The van der Waals surface area contributed by atoms with E-state index in [9.17, 15) is 4.79 Å². The number of carbonyl (C=O) groups is 1. The van der Waals surface area contributed by atoms with Gasteiger partial charge in [0.1, 0.15) is 11.9 Å². The highest BCUT2D eigenvalue weighted by molar-refractivity contribution is 7.13. The summed E-state index contributed by atoms with van der Waals surface area (Å²) in [5, 5.41) is 16.8. The summed E-state index contributed by atoms with van der Waals surface area (Å²) in [7, 11) is 0. The lowest BCUT2D eigenvalue weighted by molar-refractivity contribution is -0.126. The normalized spacial score (nSPS) is 17.9. The fourth-order valence-corrected chi connectivity index (χ4v) is 3.36. The second-order valence-electron chi connectivity index (χ2n) is 5.09. The number of amides is 1. The SMILES string of the molecule is Cc1csc(NC(=O)C2(n3cnnn3)CCCCC2)n1. The molecule has 0 aromatic carbocycles. The molecule has 0 aliphatic heterocycles. The summed E-state index contributed by atoms with van der Waals surface area (Å²) in [4.78, 5) is 17.0. The Morgan fingerprint density at radius 2 is 2.20 bits per heavy atom. The molecule has 0 bridgehead atoms. The monoisotopic (exact) mass is 292 g/mol. The van der Waals surface area contributed by atoms with Gasteiger partial charge >= 0.3 is 0 Å². The molecule has 1 saturated carbocycles. The van der Waals surface area contributed by atoms with E-state index in [4.69, 9.17) is 0 Å². The maximum atomic E-state index is 12.7. The zero-order valence-electron chi connectivity index (χ0n) is 11.2. The predicted octanol–water partition coefficient (Wildman–Crippen LogP) is 1.74. The Morgan fingerprint density at radius 1 is 1.40 bits per heavy atom. The van der Waals surface area contributed by atoms with Gasteiger partial charge in [-0.05, 0) is 30.2 Å². The van der Waals surface area contributed by atoms with E-state index in [1.165, 1.54) is 17.7 Å². The number of anilines is 1. The first-order valence-corrected chi connectivity index (χ1v) is 7.56. The van der Waals surface area contributed by atoms with Crippen LogP contribution in [-0.4, -0.2) is 31.1 Å². The molecule has 106 valence electrons. The second-order valence-corrected chi connectivity index (χ2v) is 5.95. The van der Waals surface area contributed by atoms with Crippen molar-refractivity contribution >= 4 is 22.4 Å². The Hall–Kier alpha value is -1.83. The van der Waals surface area contributed by atoms with E-state index in [2.05, 4.69) is 25.8 Å². The fourth-order valence-electron chi connectivity index (χ4n) is 2.68. The largest absolute Gasteiger partial charge is 0.300 e. The van der Waals surface area contributed by atoms with E-state index >= 15 is 0 Å². The zero-order chi connectivity index (χ0) is 14.0. The number of hydrogen-bond acceptors (Lipinski definition) is 6. The van der Waals surface area contributed by atoms with Gasteiger partial charge in [-0.1, -0.05) is 19.3 Å². The van der Waals surface area contributed by atoms with Crippen molar-refractivity contribution in [2.45, 2.75) is 44.6 Å². The molecule has 7 nitrogen and oxygen atoms in total. The molecule has 1 aliphatic carbocycles. The molecule has 0 radical (unpaired) electrons. The van der Waals surface area contributed by atoms with E-state index in [1.807, 2.05) is 12.3 Å². The van der Waals surface area contributed by atoms with Gasteiger partial charge in [-0.25, -0.2) is 9.67 Å². The van der Waals surface area contributed by atoms with Crippen molar-refractivity contribution in [1.82, 2.24) is 25.2 Å². The number of aromatic nitrogens is 5. The van der Waals surface area contributed by atoms with Crippen LogP contribution in [0.5, 0.6) is 0 Å². The molecule has 3 rings (SSSR count). The van der Waals surface area contributed by atoms with Crippen molar-refractivity contribution in [2.24, 2.45) is 0 Å². The summed E-state index contributed by atoms with van der Waals surface area (Å²) < 4.78 is 1.60. The van der Waals surface area contributed by atoms with Crippen LogP contribution in [0.3, 0.4) is 0 Å². The average Bonchev–Trinajstić information content (AvgIpc) is 3.11. The zero-order valence-corrected chi connectivity index (χ0v) is 12.1. The minimum atomic E-state index is -0.679. The molecule has 0 saturated heterocycles. The smallest absolute Gasteiger partial charge is 0.254 e. The molecule has 20 heavy (non-hydrogen) atoms. The summed E-state index contributed by atoms with van der Waals surface area (Å²) >= 11 is 1.43. The highest BCUT2D eigenvalue weighted by atomic mass is 32.1. The molecule has 1 fully saturated rings. The van der Waals surface area contributed by atoms with E-state index in [-0.39, 0.29) is 5.91 Å². The van der Waals surface area contributed by atoms with Gasteiger partial charge in [0.25, 0.3) is 5.91 Å². The number of thiazole rings is 1. The molecule has 8 heteroatoms. The lowest BCUT2D eigenvalue weighted by atomic mass is 9.81. The van der Waals surface area contributed by atoms with Crippen LogP contribution in [-0.2, 0) is 10.3 Å². The third kappa shape index (κ3) is 2.31. The van der Waals surface area contributed by atoms with Crippen LogP contribution >= 0.6 is 11.3 Å². The number of carbonyl (C=O) groups excluding carboxylic acids is 1. The molecule has 1 N–H and O–H groups in total. The quantitative estimate of drug-likeness (QED) is 0.931. The van der Waals surface area contributed by atoms with Crippen molar-refractivity contribution in [3.63, 3.8) is 0 Å². The van der Waals surface area contributed by atoms with Gasteiger partial charge < -0.3 is 0 Å². The van der Waals surface area contributed by atoms with Crippen LogP contribution in [0.25, 0.3) is 0 Å². The highest BCUT2D eigenvalue weighted by Crippen LogP contribution is 2.35. The van der Waals surface area contributed by atoms with E-state index in [0.717, 1.165) is 37.8 Å². The lowest BCUT2D eigenvalue weighted by Gasteiger charge is -2.34. The number of nitrogens with one attached hydrogen (secondary N) is 1. The van der Waals surface area contributed by atoms with E-state index in [0.29, 0.717) is 5.13 Å². The van der Waals surface area contributed by atoms with Crippen LogP contribution < -0.4 is 5.32 Å². The van der Waals surface area contributed by atoms with Gasteiger partial charge in [0.05, 0.1) is 5.69 Å². The molecule has 2 aromatic heterocycles. The first-order chi connectivity index (χ1) is 9.71. The fraction of sp³-hybridized carbons (Fsp3) is 0.583. The summed E-state index contributed by atoms with van der Waals surface area (Å²) in [6, 6.07) is 0. The van der Waals surface area contributed by atoms with Crippen LogP contribution in [0, 0.1) is 6.92 Å². The minimum Gasteiger partial charge on any atom is -0.300 e. The molecule has 2 heterocycles. The molecular weight excluding hydrogens is 276 g/mol. The summed E-state index contributed by atoms with van der Waals surface area (Å²) in [5.74, 6) is -0.0705. The van der Waals surface area contributed by atoms with Crippen molar-refractivity contribution in [3.05, 3.63) is 17.4 Å². The van der Waals surface area contributed by atoms with Crippen LogP contribution in [0.2, 0.25) is 0 Å². The number of tetrazole rings is 1. The molecular formula is C12H16N6OS. The van der Waals surface area contributed by atoms with E-state index < -0.39 is 5.54 Å². The van der Waals surface area contributed by atoms with Crippen molar-refractivity contribution in [3.8, 4) is 0 Å². The molecule has 1 amide bonds. The maximum absolute atomic E-state index is 12.7. The Morgan fingerprint density at radius 3 is 2.80 bits per heavy atom. The third-order valence-electron chi connectivity index (χ3n) is 3.73. The lowest BCUT2D eigenvalue weighted by Crippen LogP contribution is -2.47. The second kappa shape index (κ2) is 5.28. The predicted molar refractivity (Wildman–Crippen MR) is 74.4 cm³/mol. The molecule has 0 atom stereocenters. The average molecular weight is 292 g/mol. The van der Waals surface area contributed by atoms with Crippen LogP contribution in [0.15, 0.2) is 11.7 Å². The first-order valence-electron chi connectivity index (χ1n) is 6.68. The maximum Gasteiger partial charge on any atom is 0.254 e. The van der Waals surface area contributed by atoms with Gasteiger partial charge in [-0.15, -0.1) is 16.4 Å². The van der Waals surface area contributed by atoms with Crippen LogP contribution in [0.4, 0.5) is 5.13 Å². The summed E-state index contributed by atoms with van der Waals surface area (Å²) in [5.41, 5.74) is 0.229. The minimum absolute atomic E-state index is 0.0705. The van der Waals surface area contributed by atoms with Gasteiger partial charge in [0.15, 0.2) is 5.13 Å². The first kappa shape index (κ1) is 13.2. The highest BCUT2D eigenvalue weighted by Gasteiger charge is 2.42. The van der Waals surface area contributed by atoms with E-state index in [1.54, 1.807) is 4.68 Å². The standard InChI is InChI=1S/C12H16N6OS/c1-9-7-20-11(14-9)15-10(19)12(5-3-2-4-6-12)18-8-13-16-17-18/h7-8H,2-6H2,1H3,(H,14,15,19). The van der Waals surface area contributed by atoms with Gasteiger partial charge in [0, 0.05) is 5.38 Å². The van der Waals surface area contributed by atoms with Crippen molar-refractivity contribution in [2.75, 3.05) is 5.32 Å². The van der Waals surface area contributed by atoms with Crippen LogP contribution in [0.1, 0.15) is 37.8 Å². The van der Waals surface area contributed by atoms with Crippen molar-refractivity contribution < 1.29 is 4.79 Å². The van der Waals surface area contributed by atoms with Crippen molar-refractivity contribution in [1.29, 1.82) is 0 Å². The Kier molecular flexibility index (Phi) is 3.47.